The van der Waals surface area contributed by atoms with Crippen molar-refractivity contribution in [3.63, 3.8) is 0 Å². The molecule has 0 radical (unpaired) electrons. The summed E-state index contributed by atoms with van der Waals surface area (Å²) in [7, 11) is 0. The summed E-state index contributed by atoms with van der Waals surface area (Å²) < 4.78 is 19.4. The number of furan rings is 1. The molecule has 0 bridgehead atoms. The van der Waals surface area contributed by atoms with Crippen LogP contribution in [0, 0.1) is 11.7 Å². The van der Waals surface area contributed by atoms with Crippen molar-refractivity contribution >= 4 is 27.9 Å². The highest BCUT2D eigenvalue weighted by Gasteiger charge is 2.46. The minimum Gasteiger partial charge on any atom is -0.459 e. The second-order valence-corrected chi connectivity index (χ2v) is 7.77. The molecule has 5 nitrogen and oxygen atoms in total. The van der Waals surface area contributed by atoms with E-state index >= 15 is 0 Å². The number of hydrogen-bond donors (Lipinski definition) is 2. The van der Waals surface area contributed by atoms with Crippen molar-refractivity contribution in [2.24, 2.45) is 5.92 Å². The zero-order valence-electron chi connectivity index (χ0n) is 16.1. The average molecular weight is 391 g/mol. The Hall–Kier alpha value is -3.15. The van der Waals surface area contributed by atoms with Crippen molar-refractivity contribution in [3.8, 4) is 0 Å². The summed E-state index contributed by atoms with van der Waals surface area (Å²) in [5.74, 6) is 1.29. The van der Waals surface area contributed by atoms with Crippen LogP contribution in [0.2, 0.25) is 0 Å². The van der Waals surface area contributed by atoms with Gasteiger partial charge in [-0.25, -0.2) is 9.37 Å². The molecule has 2 N–H and O–H groups in total. The number of halogens is 1. The fraction of sp³-hybridized carbons (Fsp3) is 0.304. The minimum absolute atomic E-state index is 0.0144. The highest BCUT2D eigenvalue weighted by Crippen LogP contribution is 2.47. The maximum atomic E-state index is 13.5. The molecule has 2 heterocycles. The Kier molecular flexibility index (Phi) is 4.34. The number of aromatic nitrogens is 2. The summed E-state index contributed by atoms with van der Waals surface area (Å²) in [5.41, 5.74) is 2.54. The number of fused-ring (bicyclic) bond motifs is 2. The van der Waals surface area contributed by atoms with E-state index in [2.05, 4.69) is 22.2 Å². The standard InChI is InChI=1S/C23H22FN3O2/c1-2-5-19(21-11-13-10-14(24)8-9-20(13)29-21)27-23(28)16-12-15(16)22-25-17-6-3-4-7-18(17)26-22/h3-4,6-11,15-16,19H,2,5,12H2,1H3,(H,25,26)(H,27,28)/t15-,16-,19-/m0/s1. The lowest BCUT2D eigenvalue weighted by Gasteiger charge is -2.15. The SMILES string of the molecule is CCC[C@H](NC(=O)[C@H]1C[C@@H]1c1nc2ccccc2[nH]1)c1cc2cc(F)ccc2o1. The van der Waals surface area contributed by atoms with Gasteiger partial charge in [0.25, 0.3) is 0 Å². The number of aromatic amines is 1. The lowest BCUT2D eigenvalue weighted by Crippen LogP contribution is -2.30. The number of nitrogens with one attached hydrogen (secondary N) is 2. The number of hydrogen-bond acceptors (Lipinski definition) is 3. The second kappa shape index (κ2) is 7.03. The van der Waals surface area contributed by atoms with Crippen LogP contribution in [0.4, 0.5) is 4.39 Å². The molecule has 29 heavy (non-hydrogen) atoms. The summed E-state index contributed by atoms with van der Waals surface area (Å²) in [6.07, 6.45) is 2.44. The fourth-order valence-corrected chi connectivity index (χ4v) is 3.99. The maximum Gasteiger partial charge on any atom is 0.224 e. The lowest BCUT2D eigenvalue weighted by molar-refractivity contribution is -0.123. The van der Waals surface area contributed by atoms with Gasteiger partial charge in [0.1, 0.15) is 23.0 Å². The summed E-state index contributed by atoms with van der Waals surface area (Å²) in [4.78, 5) is 20.8. The molecule has 1 aliphatic rings. The first kappa shape index (κ1) is 17.9. The number of carbonyl (C=O) groups excluding carboxylic acids is 1. The van der Waals surface area contributed by atoms with Crippen molar-refractivity contribution in [1.82, 2.24) is 15.3 Å². The molecule has 0 unspecified atom stereocenters. The van der Waals surface area contributed by atoms with Crippen molar-refractivity contribution in [1.29, 1.82) is 0 Å². The third kappa shape index (κ3) is 3.39. The van der Waals surface area contributed by atoms with E-state index in [9.17, 15) is 9.18 Å². The molecule has 1 amide bonds. The van der Waals surface area contributed by atoms with Gasteiger partial charge >= 0.3 is 0 Å². The summed E-state index contributed by atoms with van der Waals surface area (Å²) in [6.45, 7) is 2.07. The topological polar surface area (TPSA) is 70.9 Å². The molecule has 0 saturated heterocycles. The van der Waals surface area contributed by atoms with E-state index in [1.165, 1.54) is 12.1 Å². The van der Waals surface area contributed by atoms with E-state index in [0.717, 1.165) is 36.1 Å². The molecule has 4 aromatic rings. The Morgan fingerprint density at radius 3 is 3.00 bits per heavy atom. The molecular weight excluding hydrogens is 369 g/mol. The quantitative estimate of drug-likeness (QED) is 0.474. The Bertz CT molecular complexity index is 1160. The number of para-hydroxylation sites is 2. The van der Waals surface area contributed by atoms with Crippen LogP contribution in [0.25, 0.3) is 22.0 Å². The van der Waals surface area contributed by atoms with E-state index in [0.29, 0.717) is 16.7 Å². The Balaban J connectivity index is 1.32. The van der Waals surface area contributed by atoms with Crippen LogP contribution in [0.15, 0.2) is 52.9 Å². The van der Waals surface area contributed by atoms with Gasteiger partial charge in [0.15, 0.2) is 0 Å². The third-order valence-electron chi connectivity index (χ3n) is 5.62. The highest BCUT2D eigenvalue weighted by atomic mass is 19.1. The van der Waals surface area contributed by atoms with Crippen LogP contribution < -0.4 is 5.32 Å². The van der Waals surface area contributed by atoms with Crippen molar-refractivity contribution in [2.45, 2.75) is 38.1 Å². The number of H-pyrrole nitrogens is 1. The second-order valence-electron chi connectivity index (χ2n) is 7.77. The minimum atomic E-state index is -0.299. The van der Waals surface area contributed by atoms with Gasteiger partial charge in [-0.3, -0.25) is 4.79 Å². The molecule has 148 valence electrons. The maximum absolute atomic E-state index is 13.5. The monoisotopic (exact) mass is 391 g/mol. The van der Waals surface area contributed by atoms with Gasteiger partial charge < -0.3 is 14.7 Å². The summed E-state index contributed by atoms with van der Waals surface area (Å²) in [5, 5.41) is 3.85. The van der Waals surface area contributed by atoms with E-state index in [1.807, 2.05) is 30.3 Å². The molecule has 2 aromatic carbocycles. The zero-order chi connectivity index (χ0) is 20.0. The van der Waals surface area contributed by atoms with Gasteiger partial charge in [0.05, 0.1) is 17.1 Å². The van der Waals surface area contributed by atoms with Crippen molar-refractivity contribution in [2.75, 3.05) is 0 Å². The normalized spacial score (nSPS) is 19.5. The summed E-state index contributed by atoms with van der Waals surface area (Å²) in [6, 6.07) is 13.9. The smallest absolute Gasteiger partial charge is 0.224 e. The van der Waals surface area contributed by atoms with Gasteiger partial charge in [-0.2, -0.15) is 0 Å². The number of imidazole rings is 1. The highest BCUT2D eigenvalue weighted by molar-refractivity contribution is 5.84. The first-order chi connectivity index (χ1) is 14.1. The van der Waals surface area contributed by atoms with Gasteiger partial charge in [0.2, 0.25) is 5.91 Å². The van der Waals surface area contributed by atoms with Crippen LogP contribution in [-0.2, 0) is 4.79 Å². The lowest BCUT2D eigenvalue weighted by atomic mass is 10.1. The van der Waals surface area contributed by atoms with Crippen LogP contribution >= 0.6 is 0 Å². The van der Waals surface area contributed by atoms with E-state index in [-0.39, 0.29) is 29.6 Å². The first-order valence-corrected chi connectivity index (χ1v) is 10.1. The Morgan fingerprint density at radius 2 is 2.17 bits per heavy atom. The number of rotatable bonds is 6. The molecule has 1 aliphatic carbocycles. The van der Waals surface area contributed by atoms with Gasteiger partial charge in [-0.05, 0) is 49.2 Å². The van der Waals surface area contributed by atoms with Crippen LogP contribution in [-0.4, -0.2) is 15.9 Å². The predicted molar refractivity (Wildman–Crippen MR) is 109 cm³/mol. The fourth-order valence-electron chi connectivity index (χ4n) is 3.99. The molecule has 6 heteroatoms. The van der Waals surface area contributed by atoms with Gasteiger partial charge in [0, 0.05) is 17.2 Å². The van der Waals surface area contributed by atoms with E-state index in [4.69, 9.17) is 4.42 Å². The molecule has 0 spiro atoms. The van der Waals surface area contributed by atoms with Crippen LogP contribution in [0.1, 0.15) is 49.7 Å². The molecular formula is C23H22FN3O2. The van der Waals surface area contributed by atoms with Crippen LogP contribution in [0.3, 0.4) is 0 Å². The number of carbonyl (C=O) groups is 1. The third-order valence-corrected chi connectivity index (χ3v) is 5.62. The molecule has 3 atom stereocenters. The largest absolute Gasteiger partial charge is 0.459 e. The molecule has 2 aromatic heterocycles. The molecule has 1 fully saturated rings. The number of nitrogens with zero attached hydrogens (tertiary/aromatic N) is 1. The Morgan fingerprint density at radius 1 is 1.31 bits per heavy atom. The van der Waals surface area contributed by atoms with Crippen LogP contribution in [0.5, 0.6) is 0 Å². The molecule has 5 rings (SSSR count). The van der Waals surface area contributed by atoms with E-state index < -0.39 is 0 Å². The zero-order valence-corrected chi connectivity index (χ0v) is 16.1. The Labute approximate surface area is 167 Å². The predicted octanol–water partition coefficient (Wildman–Crippen LogP) is 5.21. The molecule has 1 saturated carbocycles. The number of amides is 1. The average Bonchev–Trinajstić information content (AvgIpc) is 3.22. The van der Waals surface area contributed by atoms with Gasteiger partial charge in [-0.1, -0.05) is 25.5 Å². The summed E-state index contributed by atoms with van der Waals surface area (Å²) >= 11 is 0. The number of benzene rings is 2. The van der Waals surface area contributed by atoms with Crippen molar-refractivity contribution < 1.29 is 13.6 Å². The van der Waals surface area contributed by atoms with Crippen molar-refractivity contribution in [3.05, 3.63) is 65.9 Å². The van der Waals surface area contributed by atoms with E-state index in [1.54, 1.807) is 6.07 Å². The first-order valence-electron chi connectivity index (χ1n) is 10.1. The molecule has 0 aliphatic heterocycles. The van der Waals surface area contributed by atoms with Gasteiger partial charge in [-0.15, -0.1) is 0 Å².